The van der Waals surface area contributed by atoms with Gasteiger partial charge in [-0.15, -0.1) is 0 Å². The van der Waals surface area contributed by atoms with Gasteiger partial charge < -0.3 is 5.41 Å². The third kappa shape index (κ3) is 4.08. The highest BCUT2D eigenvalue weighted by Gasteiger charge is 2.03. The molecule has 1 N–H and O–H groups in total. The van der Waals surface area contributed by atoms with E-state index in [0.29, 0.717) is 5.71 Å². The molecule has 0 aliphatic heterocycles. The average molecular weight is 320 g/mol. The molecule has 0 unspecified atom stereocenters. The number of rotatable bonds is 4. The maximum absolute atomic E-state index is 8.17. The van der Waals surface area contributed by atoms with E-state index in [0.717, 1.165) is 40.1 Å². The lowest BCUT2D eigenvalue weighted by Crippen LogP contribution is -1.99. The summed E-state index contributed by atoms with van der Waals surface area (Å²) in [5.74, 6) is 0. The van der Waals surface area contributed by atoms with Gasteiger partial charge in [-0.3, -0.25) is 0 Å². The zero-order valence-electron chi connectivity index (χ0n) is 12.8. The van der Waals surface area contributed by atoms with E-state index in [4.69, 9.17) is 17.0 Å². The molecule has 2 heteroatoms. The molecular formula is C21H18ClN. The van der Waals surface area contributed by atoms with E-state index in [1.807, 2.05) is 54.6 Å². The normalized spacial score (nSPS) is 14.0. The van der Waals surface area contributed by atoms with Gasteiger partial charge in [-0.1, -0.05) is 66.2 Å². The van der Waals surface area contributed by atoms with Gasteiger partial charge in [0.05, 0.1) is 5.71 Å². The minimum absolute atomic E-state index is 0.586. The van der Waals surface area contributed by atoms with Gasteiger partial charge in [0.15, 0.2) is 0 Å². The minimum Gasteiger partial charge on any atom is -0.301 e. The third-order valence-corrected chi connectivity index (χ3v) is 4.08. The third-order valence-electron chi connectivity index (χ3n) is 3.85. The summed E-state index contributed by atoms with van der Waals surface area (Å²) in [5.41, 5.74) is 4.99. The molecule has 1 aliphatic carbocycles. The number of allylic oxidation sites excluding steroid dienone is 5. The molecule has 114 valence electrons. The van der Waals surface area contributed by atoms with Crippen LogP contribution in [-0.4, -0.2) is 5.71 Å². The van der Waals surface area contributed by atoms with Gasteiger partial charge in [0.2, 0.25) is 0 Å². The van der Waals surface area contributed by atoms with Crippen LogP contribution in [0.4, 0.5) is 0 Å². The lowest BCUT2D eigenvalue weighted by molar-refractivity contribution is 1.00. The van der Waals surface area contributed by atoms with Crippen molar-refractivity contribution in [1.29, 1.82) is 5.41 Å². The Labute approximate surface area is 142 Å². The molecule has 0 fully saturated rings. The van der Waals surface area contributed by atoms with Crippen LogP contribution < -0.4 is 0 Å². The van der Waals surface area contributed by atoms with Crippen LogP contribution in [0.25, 0.3) is 17.2 Å². The molecule has 0 radical (unpaired) electrons. The monoisotopic (exact) mass is 319 g/mol. The second-order valence-corrected chi connectivity index (χ2v) is 5.98. The highest BCUT2D eigenvalue weighted by molar-refractivity contribution is 6.30. The first-order chi connectivity index (χ1) is 11.2. The Kier molecular flexibility index (Phi) is 4.89. The maximum Gasteiger partial charge on any atom is 0.0572 e. The summed E-state index contributed by atoms with van der Waals surface area (Å²) in [4.78, 5) is 0. The van der Waals surface area contributed by atoms with Crippen LogP contribution in [0.5, 0.6) is 0 Å². The van der Waals surface area contributed by atoms with E-state index in [1.165, 1.54) is 0 Å². The van der Waals surface area contributed by atoms with Gasteiger partial charge in [0.1, 0.15) is 0 Å². The van der Waals surface area contributed by atoms with Crippen LogP contribution >= 0.6 is 11.6 Å². The smallest absolute Gasteiger partial charge is 0.0572 e. The molecule has 2 aromatic carbocycles. The number of halogens is 1. The van der Waals surface area contributed by atoms with E-state index in [-0.39, 0.29) is 0 Å². The lowest BCUT2D eigenvalue weighted by atomic mass is 9.99. The maximum atomic E-state index is 8.17. The average Bonchev–Trinajstić information content (AvgIpc) is 2.61. The number of nitrogens with one attached hydrogen (secondary N) is 1. The molecule has 0 saturated heterocycles. The van der Waals surface area contributed by atoms with Crippen LogP contribution in [0.15, 0.2) is 78.4 Å². The molecule has 0 spiro atoms. The Bertz CT molecular complexity index is 812. The molecule has 1 nitrogen and oxygen atoms in total. The van der Waals surface area contributed by atoms with Gasteiger partial charge in [-0.05, 0) is 59.4 Å². The minimum atomic E-state index is 0.586. The zero-order valence-corrected chi connectivity index (χ0v) is 13.6. The fourth-order valence-electron chi connectivity index (χ4n) is 2.60. The molecule has 1 aliphatic rings. The first kappa shape index (κ1) is 15.5. The van der Waals surface area contributed by atoms with Crippen molar-refractivity contribution in [3.05, 3.63) is 89.0 Å². The Balaban J connectivity index is 1.80. The largest absolute Gasteiger partial charge is 0.301 e. The van der Waals surface area contributed by atoms with Gasteiger partial charge in [0.25, 0.3) is 0 Å². The van der Waals surface area contributed by atoms with Crippen molar-refractivity contribution in [3.8, 4) is 11.1 Å². The molecule has 2 aromatic rings. The Morgan fingerprint density at radius 3 is 2.57 bits per heavy atom. The molecule has 0 amide bonds. The molecule has 0 saturated carbocycles. The van der Waals surface area contributed by atoms with E-state index < -0.39 is 0 Å². The SMILES string of the molecule is N=C(/C=C/c1cccc(-c2cccc(Cl)c2)c1)C1=CC=CCC1. The highest BCUT2D eigenvalue weighted by atomic mass is 35.5. The van der Waals surface area contributed by atoms with Crippen LogP contribution in [0.1, 0.15) is 18.4 Å². The van der Waals surface area contributed by atoms with Gasteiger partial charge in [-0.25, -0.2) is 0 Å². The fraction of sp³-hybridized carbons (Fsp3) is 0.0952. The van der Waals surface area contributed by atoms with Gasteiger partial charge in [0, 0.05) is 5.02 Å². The highest BCUT2D eigenvalue weighted by Crippen LogP contribution is 2.24. The standard InChI is InChI=1S/C21H18ClN/c22-20-11-5-10-19(15-20)18-9-4-6-16(14-18)12-13-21(23)17-7-2-1-3-8-17/h1-2,4-7,9-15,23H,3,8H2/b13-12+,23-21?. The van der Waals surface area contributed by atoms with Crippen molar-refractivity contribution >= 4 is 23.4 Å². The molecule has 0 aromatic heterocycles. The summed E-state index contributed by atoms with van der Waals surface area (Å²) < 4.78 is 0. The number of hydrogen-bond acceptors (Lipinski definition) is 1. The predicted molar refractivity (Wildman–Crippen MR) is 100 cm³/mol. The summed E-state index contributed by atoms with van der Waals surface area (Å²) in [6.07, 6.45) is 12.0. The van der Waals surface area contributed by atoms with Crippen LogP contribution in [0.2, 0.25) is 5.02 Å². The number of hydrogen-bond donors (Lipinski definition) is 1. The first-order valence-electron chi connectivity index (χ1n) is 7.71. The Morgan fingerprint density at radius 1 is 1.04 bits per heavy atom. The predicted octanol–water partition coefficient (Wildman–Crippen LogP) is 6.32. The van der Waals surface area contributed by atoms with Crippen LogP contribution in [0.3, 0.4) is 0 Å². The van der Waals surface area contributed by atoms with Crippen molar-refractivity contribution in [2.45, 2.75) is 12.8 Å². The summed E-state index contributed by atoms with van der Waals surface area (Å²) in [7, 11) is 0. The fourth-order valence-corrected chi connectivity index (χ4v) is 2.79. The van der Waals surface area contributed by atoms with Crippen LogP contribution in [0, 0.1) is 5.41 Å². The Morgan fingerprint density at radius 2 is 1.83 bits per heavy atom. The van der Waals surface area contributed by atoms with E-state index >= 15 is 0 Å². The summed E-state index contributed by atoms with van der Waals surface area (Å²) in [6.45, 7) is 0. The van der Waals surface area contributed by atoms with Gasteiger partial charge in [-0.2, -0.15) is 0 Å². The van der Waals surface area contributed by atoms with E-state index in [1.54, 1.807) is 0 Å². The Hall–Kier alpha value is -2.38. The van der Waals surface area contributed by atoms with Crippen molar-refractivity contribution in [1.82, 2.24) is 0 Å². The first-order valence-corrected chi connectivity index (χ1v) is 8.09. The van der Waals surface area contributed by atoms with Crippen molar-refractivity contribution < 1.29 is 0 Å². The molecule has 23 heavy (non-hydrogen) atoms. The topological polar surface area (TPSA) is 23.9 Å². The molecule has 3 rings (SSSR count). The van der Waals surface area contributed by atoms with Crippen molar-refractivity contribution in [2.75, 3.05) is 0 Å². The lowest BCUT2D eigenvalue weighted by Gasteiger charge is -2.07. The number of benzene rings is 2. The molecule has 0 bridgehead atoms. The van der Waals surface area contributed by atoms with Crippen molar-refractivity contribution in [2.24, 2.45) is 0 Å². The second kappa shape index (κ2) is 7.26. The molecule has 0 heterocycles. The molecule has 0 atom stereocenters. The summed E-state index contributed by atoms with van der Waals surface area (Å²) in [6, 6.07) is 16.1. The van der Waals surface area contributed by atoms with Gasteiger partial charge >= 0.3 is 0 Å². The van der Waals surface area contributed by atoms with E-state index in [9.17, 15) is 0 Å². The second-order valence-electron chi connectivity index (χ2n) is 5.54. The van der Waals surface area contributed by atoms with Crippen molar-refractivity contribution in [3.63, 3.8) is 0 Å². The quantitative estimate of drug-likeness (QED) is 0.638. The zero-order chi connectivity index (χ0) is 16.1. The molecular weight excluding hydrogens is 302 g/mol. The van der Waals surface area contributed by atoms with Crippen LogP contribution in [-0.2, 0) is 0 Å². The summed E-state index contributed by atoms with van der Waals surface area (Å²) in [5, 5.41) is 8.91. The van der Waals surface area contributed by atoms with E-state index in [2.05, 4.69) is 24.3 Å². The summed E-state index contributed by atoms with van der Waals surface area (Å²) >= 11 is 6.07.